The first kappa shape index (κ1) is 17.9. The molecule has 0 N–H and O–H groups in total. The first-order chi connectivity index (χ1) is 12.3. The van der Waals surface area contributed by atoms with Crippen LogP contribution in [0.3, 0.4) is 0 Å². The zero-order valence-corrected chi connectivity index (χ0v) is 13.8. The molecule has 8 heteroatoms. The highest BCUT2D eigenvalue weighted by Crippen LogP contribution is 2.29. The van der Waals surface area contributed by atoms with Crippen molar-refractivity contribution in [2.24, 2.45) is 0 Å². The van der Waals surface area contributed by atoms with Crippen LogP contribution in [-0.2, 0) is 11.3 Å². The Labute approximate surface area is 147 Å². The van der Waals surface area contributed by atoms with E-state index in [2.05, 4.69) is 4.74 Å². The molecule has 1 unspecified atom stereocenters. The van der Waals surface area contributed by atoms with Crippen LogP contribution >= 0.6 is 0 Å². The van der Waals surface area contributed by atoms with E-state index in [9.17, 15) is 18.0 Å². The maximum atomic E-state index is 12.2. The molecular formula is C18H16F3NO4. The molecular weight excluding hydrogens is 351 g/mol. The van der Waals surface area contributed by atoms with E-state index in [1.54, 1.807) is 19.2 Å². The number of rotatable bonds is 5. The number of amides is 1. The number of carbonyl (C=O) groups is 1. The van der Waals surface area contributed by atoms with Crippen molar-refractivity contribution < 1.29 is 32.2 Å². The Balaban J connectivity index is 1.62. The van der Waals surface area contributed by atoms with Crippen molar-refractivity contribution in [1.29, 1.82) is 0 Å². The van der Waals surface area contributed by atoms with Crippen LogP contribution in [0, 0.1) is 0 Å². The average Bonchev–Trinajstić information content (AvgIpc) is 2.96. The van der Waals surface area contributed by atoms with Crippen molar-refractivity contribution in [3.8, 4) is 11.5 Å². The molecule has 1 atom stereocenters. The summed E-state index contributed by atoms with van der Waals surface area (Å²) in [7, 11) is 1.57. The third-order valence-corrected chi connectivity index (χ3v) is 3.91. The van der Waals surface area contributed by atoms with Crippen LogP contribution in [0.25, 0.3) is 0 Å². The van der Waals surface area contributed by atoms with Gasteiger partial charge in [0.15, 0.2) is 0 Å². The second-order valence-corrected chi connectivity index (χ2v) is 5.72. The lowest BCUT2D eigenvalue weighted by molar-refractivity contribution is -0.274. The van der Waals surface area contributed by atoms with Crippen LogP contribution in [0.2, 0.25) is 0 Å². The van der Waals surface area contributed by atoms with Gasteiger partial charge >= 0.3 is 12.5 Å². The van der Waals surface area contributed by atoms with Crippen molar-refractivity contribution >= 4 is 6.09 Å². The summed E-state index contributed by atoms with van der Waals surface area (Å²) in [5, 5.41) is 0. The van der Waals surface area contributed by atoms with E-state index in [1.807, 2.05) is 12.1 Å². The smallest absolute Gasteiger partial charge is 0.497 e. The molecule has 2 aromatic rings. The average molecular weight is 367 g/mol. The summed E-state index contributed by atoms with van der Waals surface area (Å²) in [5.74, 6) is 0.400. The van der Waals surface area contributed by atoms with Crippen LogP contribution in [0.4, 0.5) is 18.0 Å². The van der Waals surface area contributed by atoms with Gasteiger partial charge in [0.05, 0.1) is 13.7 Å². The molecule has 0 aromatic heterocycles. The highest BCUT2D eigenvalue weighted by Gasteiger charge is 2.33. The lowest BCUT2D eigenvalue weighted by Gasteiger charge is -2.14. The molecule has 0 spiro atoms. The van der Waals surface area contributed by atoms with Crippen molar-refractivity contribution in [3.63, 3.8) is 0 Å². The number of methoxy groups -OCH3 is 1. The molecule has 138 valence electrons. The predicted molar refractivity (Wildman–Crippen MR) is 85.8 cm³/mol. The van der Waals surface area contributed by atoms with Gasteiger partial charge in [-0.3, -0.25) is 4.90 Å². The monoisotopic (exact) mass is 367 g/mol. The molecule has 0 bridgehead atoms. The van der Waals surface area contributed by atoms with Crippen LogP contribution < -0.4 is 9.47 Å². The second kappa shape index (κ2) is 7.15. The standard InChI is InChI=1S/C18H16F3NO4/c1-24-14-8-4-13(5-9-14)16-11-22(17(23)25-16)10-12-2-6-15(7-3-12)26-18(19,20)21/h2-9,16H,10-11H2,1H3. The van der Waals surface area contributed by atoms with Crippen LogP contribution in [0.5, 0.6) is 11.5 Å². The van der Waals surface area contributed by atoms with Crippen LogP contribution in [0.1, 0.15) is 17.2 Å². The van der Waals surface area contributed by atoms with Gasteiger partial charge in [0, 0.05) is 6.54 Å². The fourth-order valence-corrected chi connectivity index (χ4v) is 2.65. The Hall–Kier alpha value is -2.90. The summed E-state index contributed by atoms with van der Waals surface area (Å²) < 4.78 is 50.8. The topological polar surface area (TPSA) is 48.0 Å². The number of alkyl halides is 3. The van der Waals surface area contributed by atoms with E-state index in [0.717, 1.165) is 5.56 Å². The minimum absolute atomic E-state index is 0.234. The van der Waals surface area contributed by atoms with Gasteiger partial charge in [0.25, 0.3) is 0 Å². The predicted octanol–water partition coefficient (Wildman–Crippen LogP) is 4.29. The van der Waals surface area contributed by atoms with E-state index in [0.29, 0.717) is 17.9 Å². The largest absolute Gasteiger partial charge is 0.573 e. The van der Waals surface area contributed by atoms with E-state index in [1.165, 1.54) is 29.2 Å². The summed E-state index contributed by atoms with van der Waals surface area (Å²) in [6.07, 6.45) is -5.60. The van der Waals surface area contributed by atoms with Crippen LogP contribution in [-0.4, -0.2) is 31.0 Å². The molecule has 0 saturated carbocycles. The Morgan fingerprint density at radius 3 is 2.27 bits per heavy atom. The highest BCUT2D eigenvalue weighted by atomic mass is 19.4. The minimum Gasteiger partial charge on any atom is -0.497 e. The zero-order chi connectivity index (χ0) is 18.7. The normalized spacial score (nSPS) is 17.2. The van der Waals surface area contributed by atoms with Gasteiger partial charge in [-0.25, -0.2) is 4.79 Å². The second-order valence-electron chi connectivity index (χ2n) is 5.72. The molecule has 1 saturated heterocycles. The first-order valence-corrected chi connectivity index (χ1v) is 7.78. The van der Waals surface area contributed by atoms with Gasteiger partial charge < -0.3 is 14.2 Å². The summed E-state index contributed by atoms with van der Waals surface area (Å²) >= 11 is 0. The number of cyclic esters (lactones) is 1. The number of carbonyl (C=O) groups excluding carboxylic acids is 1. The maximum Gasteiger partial charge on any atom is 0.573 e. The highest BCUT2D eigenvalue weighted by molar-refractivity contribution is 5.70. The molecule has 1 aliphatic rings. The molecule has 1 fully saturated rings. The lowest BCUT2D eigenvalue weighted by Crippen LogP contribution is -2.23. The Morgan fingerprint density at radius 2 is 1.69 bits per heavy atom. The van der Waals surface area contributed by atoms with E-state index in [-0.39, 0.29) is 12.3 Å². The van der Waals surface area contributed by atoms with Crippen molar-refractivity contribution in [1.82, 2.24) is 4.90 Å². The quantitative estimate of drug-likeness (QED) is 0.791. The van der Waals surface area contributed by atoms with Gasteiger partial charge in [-0.05, 0) is 35.4 Å². The van der Waals surface area contributed by atoms with E-state index >= 15 is 0 Å². The van der Waals surface area contributed by atoms with Crippen molar-refractivity contribution in [3.05, 3.63) is 59.7 Å². The first-order valence-electron chi connectivity index (χ1n) is 7.78. The molecule has 1 amide bonds. The molecule has 1 aliphatic heterocycles. The Bertz CT molecular complexity index is 760. The molecule has 3 rings (SSSR count). The summed E-state index contributed by atoms with van der Waals surface area (Å²) in [6, 6.07) is 12.6. The summed E-state index contributed by atoms with van der Waals surface area (Å²) in [5.41, 5.74) is 1.52. The summed E-state index contributed by atoms with van der Waals surface area (Å²) in [6.45, 7) is 0.587. The fraction of sp³-hybridized carbons (Fsp3) is 0.278. The number of benzene rings is 2. The summed E-state index contributed by atoms with van der Waals surface area (Å²) in [4.78, 5) is 13.5. The molecule has 2 aromatic carbocycles. The Morgan fingerprint density at radius 1 is 1.08 bits per heavy atom. The van der Waals surface area contributed by atoms with Gasteiger partial charge in [-0.1, -0.05) is 24.3 Å². The number of ether oxygens (including phenoxy) is 3. The van der Waals surface area contributed by atoms with Crippen LogP contribution in [0.15, 0.2) is 48.5 Å². The number of halogens is 3. The molecule has 1 heterocycles. The third-order valence-electron chi connectivity index (χ3n) is 3.91. The Kier molecular flexibility index (Phi) is 4.92. The lowest BCUT2D eigenvalue weighted by atomic mass is 10.1. The number of hydrogen-bond donors (Lipinski definition) is 0. The number of nitrogens with zero attached hydrogens (tertiary/aromatic N) is 1. The fourth-order valence-electron chi connectivity index (χ4n) is 2.65. The van der Waals surface area contributed by atoms with Gasteiger partial charge in [0.1, 0.15) is 17.6 Å². The SMILES string of the molecule is COc1ccc(C2CN(Cc3ccc(OC(F)(F)F)cc3)C(=O)O2)cc1. The van der Waals surface area contributed by atoms with Crippen molar-refractivity contribution in [2.75, 3.05) is 13.7 Å². The van der Waals surface area contributed by atoms with Gasteiger partial charge in [0.2, 0.25) is 0 Å². The minimum atomic E-state index is -4.73. The maximum absolute atomic E-state index is 12.2. The van der Waals surface area contributed by atoms with Crippen molar-refractivity contribution in [2.45, 2.75) is 19.0 Å². The van der Waals surface area contributed by atoms with Gasteiger partial charge in [-0.15, -0.1) is 13.2 Å². The zero-order valence-electron chi connectivity index (χ0n) is 13.8. The van der Waals surface area contributed by atoms with E-state index < -0.39 is 18.6 Å². The van der Waals surface area contributed by atoms with E-state index in [4.69, 9.17) is 9.47 Å². The third kappa shape index (κ3) is 4.38. The molecule has 5 nitrogen and oxygen atoms in total. The molecule has 26 heavy (non-hydrogen) atoms. The van der Waals surface area contributed by atoms with Gasteiger partial charge in [-0.2, -0.15) is 0 Å². The molecule has 0 radical (unpaired) electrons. The molecule has 0 aliphatic carbocycles. The number of hydrogen-bond acceptors (Lipinski definition) is 4.